The standard InChI is InChI=1S/C19H24N2O3/c1-19(2)13-21(11-16(24-19)12-23-3)18(22)9-14-8-15-6-4-5-7-17(15)20-10-14/h4-8,10,16H,9,11-13H2,1-3H3/t16-/m0/s1. The van der Waals surface area contributed by atoms with E-state index in [1.807, 2.05) is 49.1 Å². The molecule has 2 aromatic rings. The second-order valence-corrected chi connectivity index (χ2v) is 6.94. The number of methoxy groups -OCH3 is 1. The van der Waals surface area contributed by atoms with Gasteiger partial charge in [-0.05, 0) is 31.5 Å². The molecule has 1 amide bonds. The summed E-state index contributed by atoms with van der Waals surface area (Å²) in [5.74, 6) is 0.101. The van der Waals surface area contributed by atoms with Gasteiger partial charge in [-0.25, -0.2) is 0 Å². The first kappa shape index (κ1) is 16.9. The van der Waals surface area contributed by atoms with Crippen LogP contribution in [0.4, 0.5) is 0 Å². The van der Waals surface area contributed by atoms with E-state index in [9.17, 15) is 4.79 Å². The van der Waals surface area contributed by atoms with Gasteiger partial charge in [0.2, 0.25) is 5.91 Å². The van der Waals surface area contributed by atoms with Crippen molar-refractivity contribution in [3.63, 3.8) is 0 Å². The monoisotopic (exact) mass is 328 g/mol. The van der Waals surface area contributed by atoms with Gasteiger partial charge in [0.1, 0.15) is 0 Å². The molecule has 1 aromatic heterocycles. The average Bonchev–Trinajstić information content (AvgIpc) is 2.53. The van der Waals surface area contributed by atoms with Gasteiger partial charge in [-0.1, -0.05) is 18.2 Å². The summed E-state index contributed by atoms with van der Waals surface area (Å²) in [6, 6.07) is 9.98. The molecule has 0 N–H and O–H groups in total. The number of benzene rings is 1. The van der Waals surface area contributed by atoms with Crippen molar-refractivity contribution in [2.45, 2.75) is 32.0 Å². The normalized spacial score (nSPS) is 20.3. The molecule has 24 heavy (non-hydrogen) atoms. The first-order valence-electron chi connectivity index (χ1n) is 8.25. The highest BCUT2D eigenvalue weighted by atomic mass is 16.5. The Morgan fingerprint density at radius 3 is 3.00 bits per heavy atom. The van der Waals surface area contributed by atoms with Crippen LogP contribution in [0, 0.1) is 0 Å². The maximum Gasteiger partial charge on any atom is 0.227 e. The molecule has 3 rings (SSSR count). The molecule has 0 bridgehead atoms. The third-order valence-corrected chi connectivity index (χ3v) is 4.19. The second-order valence-electron chi connectivity index (χ2n) is 6.94. The molecule has 0 unspecified atom stereocenters. The quantitative estimate of drug-likeness (QED) is 0.865. The molecule has 5 nitrogen and oxygen atoms in total. The summed E-state index contributed by atoms with van der Waals surface area (Å²) in [6.45, 7) is 5.66. The van der Waals surface area contributed by atoms with Crippen LogP contribution in [0.2, 0.25) is 0 Å². The summed E-state index contributed by atoms with van der Waals surface area (Å²) in [4.78, 5) is 19.1. The first-order valence-corrected chi connectivity index (χ1v) is 8.25. The largest absolute Gasteiger partial charge is 0.382 e. The van der Waals surface area contributed by atoms with Crippen molar-refractivity contribution in [3.8, 4) is 0 Å². The molecule has 1 fully saturated rings. The zero-order chi connectivity index (χ0) is 17.2. The molecule has 1 aliphatic heterocycles. The van der Waals surface area contributed by atoms with Crippen molar-refractivity contribution in [1.82, 2.24) is 9.88 Å². The number of hydrogen-bond acceptors (Lipinski definition) is 4. The summed E-state index contributed by atoms with van der Waals surface area (Å²) in [7, 11) is 1.65. The molecule has 1 aromatic carbocycles. The Kier molecular flexibility index (Phi) is 4.83. The number of ether oxygens (including phenoxy) is 2. The number of carbonyl (C=O) groups excluding carboxylic acids is 1. The number of fused-ring (bicyclic) bond motifs is 1. The van der Waals surface area contributed by atoms with Crippen LogP contribution in [0.3, 0.4) is 0 Å². The van der Waals surface area contributed by atoms with Crippen molar-refractivity contribution in [3.05, 3.63) is 42.1 Å². The Balaban J connectivity index is 1.72. The predicted molar refractivity (Wildman–Crippen MR) is 92.9 cm³/mol. The van der Waals surface area contributed by atoms with Gasteiger partial charge in [0.25, 0.3) is 0 Å². The molecule has 1 saturated heterocycles. The molecule has 1 aliphatic rings. The number of carbonyl (C=O) groups is 1. The lowest BCUT2D eigenvalue weighted by Crippen LogP contribution is -2.56. The molecule has 0 radical (unpaired) electrons. The summed E-state index contributed by atoms with van der Waals surface area (Å²) >= 11 is 0. The Morgan fingerprint density at radius 2 is 2.21 bits per heavy atom. The fraction of sp³-hybridized carbons (Fsp3) is 0.474. The van der Waals surface area contributed by atoms with E-state index in [1.165, 1.54) is 0 Å². The van der Waals surface area contributed by atoms with Gasteiger partial charge in [0, 0.05) is 31.8 Å². The van der Waals surface area contributed by atoms with E-state index < -0.39 is 0 Å². The van der Waals surface area contributed by atoms with Gasteiger partial charge in [-0.2, -0.15) is 0 Å². The number of amides is 1. The van der Waals surface area contributed by atoms with Crippen LogP contribution in [-0.2, 0) is 20.7 Å². The van der Waals surface area contributed by atoms with Gasteiger partial charge < -0.3 is 14.4 Å². The summed E-state index contributed by atoms with van der Waals surface area (Å²) < 4.78 is 11.2. The molecular formula is C19H24N2O3. The third kappa shape index (κ3) is 3.91. The lowest BCUT2D eigenvalue weighted by molar-refractivity contribution is -0.168. The second kappa shape index (κ2) is 6.87. The van der Waals surface area contributed by atoms with Crippen LogP contribution in [0.25, 0.3) is 10.9 Å². The minimum absolute atomic E-state index is 0.0857. The summed E-state index contributed by atoms with van der Waals surface area (Å²) in [6.07, 6.45) is 2.06. The van der Waals surface area contributed by atoms with Crippen LogP contribution >= 0.6 is 0 Å². The van der Waals surface area contributed by atoms with Crippen molar-refractivity contribution in [1.29, 1.82) is 0 Å². The highest BCUT2D eigenvalue weighted by Gasteiger charge is 2.35. The third-order valence-electron chi connectivity index (χ3n) is 4.19. The summed E-state index contributed by atoms with van der Waals surface area (Å²) in [5, 5.41) is 1.06. The number of pyridine rings is 1. The molecular weight excluding hydrogens is 304 g/mol. The Hall–Kier alpha value is -1.98. The molecule has 2 heterocycles. The van der Waals surface area contributed by atoms with E-state index >= 15 is 0 Å². The summed E-state index contributed by atoms with van der Waals surface area (Å²) in [5.41, 5.74) is 1.52. The lowest BCUT2D eigenvalue weighted by Gasteiger charge is -2.42. The fourth-order valence-corrected chi connectivity index (χ4v) is 3.26. The number of hydrogen-bond donors (Lipinski definition) is 0. The zero-order valence-corrected chi connectivity index (χ0v) is 14.5. The van der Waals surface area contributed by atoms with Crippen molar-refractivity contribution in [2.75, 3.05) is 26.8 Å². The Bertz CT molecular complexity index is 729. The van der Waals surface area contributed by atoms with E-state index in [2.05, 4.69) is 4.98 Å². The molecule has 1 atom stereocenters. The lowest BCUT2D eigenvalue weighted by atomic mass is 10.0. The zero-order valence-electron chi connectivity index (χ0n) is 14.5. The van der Waals surface area contributed by atoms with E-state index in [4.69, 9.17) is 9.47 Å². The van der Waals surface area contributed by atoms with Gasteiger partial charge in [-0.3, -0.25) is 9.78 Å². The number of morpholine rings is 1. The molecule has 0 spiro atoms. The first-order chi connectivity index (χ1) is 11.5. The van der Waals surface area contributed by atoms with E-state index in [-0.39, 0.29) is 17.6 Å². The van der Waals surface area contributed by atoms with Gasteiger partial charge in [-0.15, -0.1) is 0 Å². The minimum Gasteiger partial charge on any atom is -0.382 e. The number of aromatic nitrogens is 1. The van der Waals surface area contributed by atoms with Crippen LogP contribution in [0.1, 0.15) is 19.4 Å². The average molecular weight is 328 g/mol. The number of nitrogens with zero attached hydrogens (tertiary/aromatic N) is 2. The minimum atomic E-state index is -0.362. The van der Waals surface area contributed by atoms with Crippen LogP contribution < -0.4 is 0 Å². The SMILES string of the molecule is COC[C@@H]1CN(C(=O)Cc2cnc3ccccc3c2)CC(C)(C)O1. The van der Waals surface area contributed by atoms with Gasteiger partial charge in [0.15, 0.2) is 0 Å². The van der Waals surface area contributed by atoms with E-state index in [1.54, 1.807) is 13.3 Å². The van der Waals surface area contributed by atoms with Crippen LogP contribution in [-0.4, -0.2) is 54.3 Å². The van der Waals surface area contributed by atoms with Crippen LogP contribution in [0.5, 0.6) is 0 Å². The Morgan fingerprint density at radius 1 is 1.42 bits per heavy atom. The predicted octanol–water partition coefficient (Wildman–Crippen LogP) is 2.43. The van der Waals surface area contributed by atoms with Gasteiger partial charge >= 0.3 is 0 Å². The highest BCUT2D eigenvalue weighted by Crippen LogP contribution is 2.22. The fourth-order valence-electron chi connectivity index (χ4n) is 3.26. The maximum absolute atomic E-state index is 12.7. The van der Waals surface area contributed by atoms with Crippen molar-refractivity contribution >= 4 is 16.8 Å². The highest BCUT2D eigenvalue weighted by molar-refractivity contribution is 5.82. The number of para-hydroxylation sites is 1. The van der Waals surface area contributed by atoms with Gasteiger partial charge in [0.05, 0.1) is 30.2 Å². The molecule has 0 aliphatic carbocycles. The smallest absolute Gasteiger partial charge is 0.227 e. The molecule has 128 valence electrons. The van der Waals surface area contributed by atoms with E-state index in [0.717, 1.165) is 16.5 Å². The topological polar surface area (TPSA) is 51.7 Å². The van der Waals surface area contributed by atoms with Crippen molar-refractivity contribution < 1.29 is 14.3 Å². The Labute approximate surface area is 142 Å². The molecule has 5 heteroatoms. The van der Waals surface area contributed by atoms with Crippen molar-refractivity contribution in [2.24, 2.45) is 0 Å². The van der Waals surface area contributed by atoms with E-state index in [0.29, 0.717) is 26.1 Å². The molecule has 0 saturated carbocycles. The van der Waals surface area contributed by atoms with Crippen LogP contribution in [0.15, 0.2) is 36.5 Å². The number of rotatable bonds is 4. The maximum atomic E-state index is 12.7.